The van der Waals surface area contributed by atoms with Crippen molar-refractivity contribution in [3.8, 4) is 0 Å². The number of hydrogen-bond acceptors (Lipinski definition) is 3. The van der Waals surface area contributed by atoms with Gasteiger partial charge in [0, 0.05) is 26.4 Å². The van der Waals surface area contributed by atoms with Crippen LogP contribution in [0.3, 0.4) is 0 Å². The van der Waals surface area contributed by atoms with Gasteiger partial charge in [0.05, 0.1) is 18.8 Å². The van der Waals surface area contributed by atoms with Crippen LogP contribution in [0.2, 0.25) is 0 Å². The Hall–Kier alpha value is -1.62. The molecule has 20 heavy (non-hydrogen) atoms. The van der Waals surface area contributed by atoms with E-state index in [4.69, 9.17) is 4.74 Å². The summed E-state index contributed by atoms with van der Waals surface area (Å²) in [5, 5.41) is 6.43. The Kier molecular flexibility index (Phi) is 8.38. The van der Waals surface area contributed by atoms with Gasteiger partial charge in [-0.2, -0.15) is 0 Å². The van der Waals surface area contributed by atoms with Crippen LogP contribution >= 0.6 is 0 Å². The van der Waals surface area contributed by atoms with Gasteiger partial charge in [0.25, 0.3) is 0 Å². The summed E-state index contributed by atoms with van der Waals surface area (Å²) in [7, 11) is 1.76. The minimum Gasteiger partial charge on any atom is -0.380 e. The molecule has 1 rings (SSSR count). The Bertz CT molecular complexity index is 379. The van der Waals surface area contributed by atoms with Crippen molar-refractivity contribution in [2.75, 3.05) is 26.8 Å². The van der Waals surface area contributed by atoms with Crippen molar-refractivity contribution in [3.05, 3.63) is 30.1 Å². The molecule has 0 aromatic carbocycles. The second kappa shape index (κ2) is 10.2. The predicted molar refractivity (Wildman–Crippen MR) is 82.7 cm³/mol. The number of ether oxygens (including phenoxy) is 1. The Morgan fingerprint density at radius 1 is 1.30 bits per heavy atom. The third kappa shape index (κ3) is 7.74. The van der Waals surface area contributed by atoms with Crippen molar-refractivity contribution in [3.63, 3.8) is 0 Å². The average molecular weight is 278 g/mol. The summed E-state index contributed by atoms with van der Waals surface area (Å²) < 4.78 is 5.54. The second-order valence-corrected chi connectivity index (χ2v) is 4.97. The Balaban J connectivity index is 2.11. The summed E-state index contributed by atoms with van der Waals surface area (Å²) >= 11 is 0. The smallest absolute Gasteiger partial charge is 0.191 e. The largest absolute Gasteiger partial charge is 0.380 e. The fourth-order valence-electron chi connectivity index (χ4n) is 1.56. The molecule has 1 aromatic rings. The SMILES string of the molecule is CN=C(NCCOCCC(C)C)NCc1ccccn1. The minimum absolute atomic E-state index is 0.661. The molecule has 0 saturated heterocycles. The van der Waals surface area contributed by atoms with Crippen LogP contribution in [0, 0.1) is 5.92 Å². The number of nitrogens with one attached hydrogen (secondary N) is 2. The summed E-state index contributed by atoms with van der Waals surface area (Å²) in [5.74, 6) is 1.46. The molecule has 0 amide bonds. The van der Waals surface area contributed by atoms with Crippen molar-refractivity contribution in [2.24, 2.45) is 10.9 Å². The highest BCUT2D eigenvalue weighted by molar-refractivity contribution is 5.79. The zero-order valence-corrected chi connectivity index (χ0v) is 12.7. The maximum Gasteiger partial charge on any atom is 0.191 e. The van der Waals surface area contributed by atoms with E-state index in [0.29, 0.717) is 19.1 Å². The first kappa shape index (κ1) is 16.4. The molecule has 2 N–H and O–H groups in total. The molecule has 0 saturated carbocycles. The van der Waals surface area contributed by atoms with Gasteiger partial charge in [-0.3, -0.25) is 9.98 Å². The Labute approximate surface area is 121 Å². The molecule has 0 aliphatic heterocycles. The average Bonchev–Trinajstić information content (AvgIpc) is 2.46. The van der Waals surface area contributed by atoms with Crippen LogP contribution in [0.1, 0.15) is 26.0 Å². The number of aliphatic imine (C=N–C) groups is 1. The lowest BCUT2D eigenvalue weighted by Gasteiger charge is -2.12. The third-order valence-corrected chi connectivity index (χ3v) is 2.77. The molecule has 1 heterocycles. The van der Waals surface area contributed by atoms with Gasteiger partial charge in [0.15, 0.2) is 5.96 Å². The fraction of sp³-hybridized carbons (Fsp3) is 0.600. The molecule has 5 heteroatoms. The molecule has 1 aromatic heterocycles. The van der Waals surface area contributed by atoms with Gasteiger partial charge < -0.3 is 15.4 Å². The summed E-state index contributed by atoms with van der Waals surface area (Å²) in [6, 6.07) is 5.86. The molecule has 0 bridgehead atoms. The van der Waals surface area contributed by atoms with Crippen LogP contribution in [0.4, 0.5) is 0 Å². The van der Waals surface area contributed by atoms with Gasteiger partial charge >= 0.3 is 0 Å². The van der Waals surface area contributed by atoms with E-state index in [-0.39, 0.29) is 0 Å². The van der Waals surface area contributed by atoms with E-state index in [1.165, 1.54) is 0 Å². The molecule has 0 atom stereocenters. The molecule has 0 aliphatic carbocycles. The minimum atomic E-state index is 0.661. The second-order valence-electron chi connectivity index (χ2n) is 4.97. The molecule has 0 aliphatic rings. The Morgan fingerprint density at radius 2 is 2.15 bits per heavy atom. The highest BCUT2D eigenvalue weighted by Crippen LogP contribution is 1.98. The number of rotatable bonds is 8. The summed E-state index contributed by atoms with van der Waals surface area (Å²) in [6.07, 6.45) is 2.89. The van der Waals surface area contributed by atoms with E-state index in [0.717, 1.165) is 31.2 Å². The van der Waals surface area contributed by atoms with Gasteiger partial charge in [-0.15, -0.1) is 0 Å². The number of guanidine groups is 1. The monoisotopic (exact) mass is 278 g/mol. The third-order valence-electron chi connectivity index (χ3n) is 2.77. The molecule has 5 nitrogen and oxygen atoms in total. The van der Waals surface area contributed by atoms with Gasteiger partial charge in [0.2, 0.25) is 0 Å². The van der Waals surface area contributed by atoms with Crippen molar-refractivity contribution in [1.29, 1.82) is 0 Å². The van der Waals surface area contributed by atoms with Gasteiger partial charge in [-0.25, -0.2) is 0 Å². The molecule has 0 spiro atoms. The maximum absolute atomic E-state index is 5.54. The van der Waals surface area contributed by atoms with E-state index in [9.17, 15) is 0 Å². The number of hydrogen-bond donors (Lipinski definition) is 2. The van der Waals surface area contributed by atoms with Crippen LogP contribution in [0.25, 0.3) is 0 Å². The number of pyridine rings is 1. The highest BCUT2D eigenvalue weighted by Gasteiger charge is 1.98. The van der Waals surface area contributed by atoms with Gasteiger partial charge in [0.1, 0.15) is 0 Å². The first-order valence-corrected chi connectivity index (χ1v) is 7.14. The van der Waals surface area contributed by atoms with Crippen LogP contribution in [-0.2, 0) is 11.3 Å². The fourth-order valence-corrected chi connectivity index (χ4v) is 1.56. The number of nitrogens with zero attached hydrogens (tertiary/aromatic N) is 2. The molecule has 0 fully saturated rings. The maximum atomic E-state index is 5.54. The lowest BCUT2D eigenvalue weighted by Crippen LogP contribution is -2.38. The quantitative estimate of drug-likeness (QED) is 0.432. The molecular formula is C15H26N4O. The topological polar surface area (TPSA) is 58.5 Å². The van der Waals surface area contributed by atoms with Crippen molar-refractivity contribution in [2.45, 2.75) is 26.8 Å². The Morgan fingerprint density at radius 3 is 2.80 bits per heavy atom. The lowest BCUT2D eigenvalue weighted by atomic mass is 10.1. The van der Waals surface area contributed by atoms with Crippen LogP contribution in [-0.4, -0.2) is 37.7 Å². The van der Waals surface area contributed by atoms with Crippen LogP contribution < -0.4 is 10.6 Å². The standard InChI is InChI=1S/C15H26N4O/c1-13(2)7-10-20-11-9-18-15(16-3)19-12-14-6-4-5-8-17-14/h4-6,8,13H,7,9-12H2,1-3H3,(H2,16,18,19). The van der Waals surface area contributed by atoms with Gasteiger partial charge in [-0.1, -0.05) is 19.9 Å². The molecule has 112 valence electrons. The van der Waals surface area contributed by atoms with E-state index < -0.39 is 0 Å². The number of aromatic nitrogens is 1. The van der Waals surface area contributed by atoms with Gasteiger partial charge in [-0.05, 0) is 24.5 Å². The molecule has 0 radical (unpaired) electrons. The summed E-state index contributed by atoms with van der Waals surface area (Å²) in [5.41, 5.74) is 0.989. The molecule has 0 unspecified atom stereocenters. The van der Waals surface area contributed by atoms with Crippen molar-refractivity contribution in [1.82, 2.24) is 15.6 Å². The normalized spacial score (nSPS) is 11.7. The molecular weight excluding hydrogens is 252 g/mol. The van der Waals surface area contributed by atoms with Crippen molar-refractivity contribution >= 4 is 5.96 Å². The van der Waals surface area contributed by atoms with E-state index in [1.807, 2.05) is 18.2 Å². The zero-order chi connectivity index (χ0) is 14.6. The van der Waals surface area contributed by atoms with E-state index in [2.05, 4.69) is 34.5 Å². The highest BCUT2D eigenvalue weighted by atomic mass is 16.5. The lowest BCUT2D eigenvalue weighted by molar-refractivity contribution is 0.128. The first-order chi connectivity index (χ1) is 9.72. The van der Waals surface area contributed by atoms with E-state index >= 15 is 0 Å². The van der Waals surface area contributed by atoms with E-state index in [1.54, 1.807) is 13.2 Å². The first-order valence-electron chi connectivity index (χ1n) is 7.14. The summed E-state index contributed by atoms with van der Waals surface area (Å²) in [4.78, 5) is 8.41. The predicted octanol–water partition coefficient (Wildman–Crippen LogP) is 1.81. The summed E-state index contributed by atoms with van der Waals surface area (Å²) in [6.45, 7) is 7.32. The van der Waals surface area contributed by atoms with Crippen molar-refractivity contribution < 1.29 is 4.74 Å². The zero-order valence-electron chi connectivity index (χ0n) is 12.7. The van der Waals surface area contributed by atoms with Crippen LogP contribution in [0.15, 0.2) is 29.4 Å². The van der Waals surface area contributed by atoms with Crippen LogP contribution in [0.5, 0.6) is 0 Å².